The Kier molecular flexibility index (Phi) is 7.14. The molecule has 0 aliphatic carbocycles. The number of carbonyl (C=O) groups excluding carboxylic acids is 3. The van der Waals surface area contributed by atoms with E-state index in [1.807, 2.05) is 23.1 Å². The Hall–Kier alpha value is -2.65. The van der Waals surface area contributed by atoms with E-state index < -0.39 is 17.6 Å². The lowest BCUT2D eigenvalue weighted by molar-refractivity contribution is -0.150. The zero-order chi connectivity index (χ0) is 24.5. The number of para-hydroxylation sites is 1. The molecule has 2 fully saturated rings. The topological polar surface area (TPSA) is 111 Å². The summed E-state index contributed by atoms with van der Waals surface area (Å²) >= 11 is 0. The molecule has 186 valence electrons. The first kappa shape index (κ1) is 24.5. The van der Waals surface area contributed by atoms with Crippen LogP contribution in [0.15, 0.2) is 24.3 Å². The van der Waals surface area contributed by atoms with Gasteiger partial charge < -0.3 is 29.6 Å². The molecule has 4 rings (SSSR count). The summed E-state index contributed by atoms with van der Waals surface area (Å²) in [5, 5.41) is 21.7. The fraction of sp³-hybridized carbons (Fsp3) is 0.640. The number of rotatable bonds is 1. The van der Waals surface area contributed by atoms with E-state index in [2.05, 4.69) is 0 Å². The number of nitrogens with zero attached hydrogens (tertiary/aromatic N) is 3. The van der Waals surface area contributed by atoms with Crippen LogP contribution in [-0.2, 0) is 20.8 Å². The number of amides is 3. The Bertz CT molecular complexity index is 923. The predicted octanol–water partition coefficient (Wildman–Crippen LogP) is 0.279. The third kappa shape index (κ3) is 5.20. The molecule has 2 saturated heterocycles. The van der Waals surface area contributed by atoms with Gasteiger partial charge >= 0.3 is 0 Å². The standard InChI is InChI=1S/C25H35N3O6/c1-17(29)28-13-19(14-28)24(33)27-9-7-25(8-10-27)12-21(31)20(30)11-18-5-3-4-6-22(18)34-15-23(32)26(2)16-25/h3-6,19-21,30-31H,7-16H2,1-2H3/t20-,21+/m0/s1. The number of aliphatic hydroxyl groups excluding tert-OH is 2. The van der Waals surface area contributed by atoms with Crippen LogP contribution in [0.2, 0.25) is 0 Å². The van der Waals surface area contributed by atoms with Crippen molar-refractivity contribution in [2.24, 2.45) is 11.3 Å². The lowest BCUT2D eigenvalue weighted by atomic mass is 9.72. The Balaban J connectivity index is 1.45. The van der Waals surface area contributed by atoms with Gasteiger partial charge in [-0.25, -0.2) is 0 Å². The molecule has 2 atom stereocenters. The lowest BCUT2D eigenvalue weighted by Crippen LogP contribution is -2.58. The Morgan fingerprint density at radius 3 is 2.41 bits per heavy atom. The zero-order valence-electron chi connectivity index (χ0n) is 20.0. The molecule has 9 heteroatoms. The third-order valence-electron chi connectivity index (χ3n) is 7.65. The summed E-state index contributed by atoms with van der Waals surface area (Å²) in [4.78, 5) is 42.3. The average molecular weight is 474 g/mol. The average Bonchev–Trinajstić information content (AvgIpc) is 2.76. The van der Waals surface area contributed by atoms with E-state index in [-0.39, 0.29) is 36.7 Å². The van der Waals surface area contributed by atoms with Crippen LogP contribution in [0.1, 0.15) is 31.7 Å². The van der Waals surface area contributed by atoms with Crippen molar-refractivity contribution >= 4 is 17.7 Å². The number of piperidine rings is 1. The molecule has 0 saturated carbocycles. The van der Waals surface area contributed by atoms with Crippen molar-refractivity contribution < 1.29 is 29.3 Å². The Labute approximate surface area is 200 Å². The molecule has 3 heterocycles. The number of benzene rings is 1. The highest BCUT2D eigenvalue weighted by molar-refractivity contribution is 5.83. The predicted molar refractivity (Wildman–Crippen MR) is 124 cm³/mol. The molecule has 1 aromatic rings. The van der Waals surface area contributed by atoms with Gasteiger partial charge in [-0.05, 0) is 36.3 Å². The minimum Gasteiger partial charge on any atom is -0.483 e. The second-order valence-electron chi connectivity index (χ2n) is 10.1. The summed E-state index contributed by atoms with van der Waals surface area (Å²) in [5.74, 6) is 0.291. The van der Waals surface area contributed by atoms with Gasteiger partial charge in [0.25, 0.3) is 5.91 Å². The van der Waals surface area contributed by atoms with Crippen LogP contribution in [0.3, 0.4) is 0 Å². The van der Waals surface area contributed by atoms with Crippen LogP contribution >= 0.6 is 0 Å². The van der Waals surface area contributed by atoms with Crippen LogP contribution in [-0.4, -0.2) is 101 Å². The molecule has 3 amide bonds. The van der Waals surface area contributed by atoms with E-state index in [4.69, 9.17) is 4.74 Å². The number of fused-ring (bicyclic) bond motifs is 1. The highest BCUT2D eigenvalue weighted by atomic mass is 16.5. The first-order chi connectivity index (χ1) is 16.2. The van der Waals surface area contributed by atoms with Crippen molar-refractivity contribution in [3.8, 4) is 5.75 Å². The van der Waals surface area contributed by atoms with Crippen LogP contribution < -0.4 is 4.74 Å². The van der Waals surface area contributed by atoms with Gasteiger partial charge in [-0.2, -0.15) is 0 Å². The van der Waals surface area contributed by atoms with E-state index in [0.717, 1.165) is 5.56 Å². The molecule has 3 aliphatic heterocycles. The smallest absolute Gasteiger partial charge is 0.260 e. The van der Waals surface area contributed by atoms with E-state index in [1.165, 1.54) is 6.92 Å². The lowest BCUT2D eigenvalue weighted by Gasteiger charge is -2.47. The fourth-order valence-corrected chi connectivity index (χ4v) is 5.37. The first-order valence-corrected chi connectivity index (χ1v) is 12.0. The summed E-state index contributed by atoms with van der Waals surface area (Å²) in [7, 11) is 1.73. The molecule has 0 bridgehead atoms. The second kappa shape index (κ2) is 9.92. The number of likely N-dealkylation sites (tertiary alicyclic amines) is 2. The summed E-state index contributed by atoms with van der Waals surface area (Å²) < 4.78 is 5.76. The van der Waals surface area contributed by atoms with Crippen LogP contribution in [0, 0.1) is 11.3 Å². The molecule has 0 radical (unpaired) electrons. The van der Waals surface area contributed by atoms with Crippen molar-refractivity contribution in [2.75, 3.05) is 46.4 Å². The van der Waals surface area contributed by atoms with Gasteiger partial charge in [0.15, 0.2) is 6.61 Å². The number of aliphatic hydroxyl groups is 2. The van der Waals surface area contributed by atoms with Gasteiger partial charge in [0.05, 0.1) is 18.1 Å². The maximum atomic E-state index is 12.9. The number of carbonyl (C=O) groups is 3. The molecule has 1 spiro atoms. The molecule has 2 N–H and O–H groups in total. The minimum atomic E-state index is -0.964. The third-order valence-corrected chi connectivity index (χ3v) is 7.65. The first-order valence-electron chi connectivity index (χ1n) is 12.0. The van der Waals surface area contributed by atoms with E-state index in [9.17, 15) is 24.6 Å². The van der Waals surface area contributed by atoms with Gasteiger partial charge in [-0.3, -0.25) is 14.4 Å². The van der Waals surface area contributed by atoms with Crippen molar-refractivity contribution in [1.29, 1.82) is 0 Å². The molecule has 0 unspecified atom stereocenters. The van der Waals surface area contributed by atoms with Gasteiger partial charge in [0.1, 0.15) is 5.75 Å². The molecule has 3 aliphatic rings. The van der Waals surface area contributed by atoms with Crippen LogP contribution in [0.5, 0.6) is 5.75 Å². The minimum absolute atomic E-state index is 0.0123. The SMILES string of the molecule is CC(=O)N1CC(C(=O)N2CCC3(CC2)C[C@@H](O)[C@@H](O)Cc2ccccc2OCC(=O)N(C)C3)C1. The van der Waals surface area contributed by atoms with Gasteiger partial charge in [-0.1, -0.05) is 18.2 Å². The maximum Gasteiger partial charge on any atom is 0.260 e. The normalized spacial score (nSPS) is 26.1. The van der Waals surface area contributed by atoms with Gasteiger partial charge in [-0.15, -0.1) is 0 Å². The zero-order valence-corrected chi connectivity index (χ0v) is 20.0. The summed E-state index contributed by atoms with van der Waals surface area (Å²) in [5.41, 5.74) is 0.338. The van der Waals surface area contributed by atoms with Crippen LogP contribution in [0.4, 0.5) is 0 Å². The fourth-order valence-electron chi connectivity index (χ4n) is 5.37. The van der Waals surface area contributed by atoms with Crippen molar-refractivity contribution in [3.05, 3.63) is 29.8 Å². The number of hydrogen-bond donors (Lipinski definition) is 2. The highest BCUT2D eigenvalue weighted by Gasteiger charge is 2.43. The van der Waals surface area contributed by atoms with E-state index >= 15 is 0 Å². The molecular formula is C25H35N3O6. The molecule has 34 heavy (non-hydrogen) atoms. The van der Waals surface area contributed by atoms with Crippen molar-refractivity contribution in [1.82, 2.24) is 14.7 Å². The quantitative estimate of drug-likeness (QED) is 0.606. The van der Waals surface area contributed by atoms with E-state index in [0.29, 0.717) is 57.7 Å². The van der Waals surface area contributed by atoms with Gasteiger partial charge in [0, 0.05) is 53.1 Å². The summed E-state index contributed by atoms with van der Waals surface area (Å²) in [6.45, 7) is 3.83. The number of ether oxygens (including phenoxy) is 1. The molecular weight excluding hydrogens is 438 g/mol. The summed E-state index contributed by atoms with van der Waals surface area (Å²) in [6.07, 6.45) is -0.0980. The van der Waals surface area contributed by atoms with E-state index in [1.54, 1.807) is 22.9 Å². The monoisotopic (exact) mass is 473 g/mol. The highest BCUT2D eigenvalue weighted by Crippen LogP contribution is 2.39. The second-order valence-corrected chi connectivity index (χ2v) is 10.1. The molecule has 0 aromatic heterocycles. The summed E-state index contributed by atoms with van der Waals surface area (Å²) in [6, 6.07) is 7.25. The Morgan fingerprint density at radius 2 is 1.74 bits per heavy atom. The molecule has 1 aromatic carbocycles. The number of likely N-dealkylation sites (N-methyl/N-ethyl adjacent to an activating group) is 1. The Morgan fingerprint density at radius 1 is 1.06 bits per heavy atom. The largest absolute Gasteiger partial charge is 0.483 e. The van der Waals surface area contributed by atoms with Crippen molar-refractivity contribution in [2.45, 2.75) is 44.8 Å². The maximum absolute atomic E-state index is 12.9. The van der Waals surface area contributed by atoms with Gasteiger partial charge in [0.2, 0.25) is 11.8 Å². The van der Waals surface area contributed by atoms with Crippen LogP contribution in [0.25, 0.3) is 0 Å². The number of hydrogen-bond acceptors (Lipinski definition) is 6. The van der Waals surface area contributed by atoms with Crippen molar-refractivity contribution in [3.63, 3.8) is 0 Å². The molecule has 9 nitrogen and oxygen atoms in total.